The van der Waals surface area contributed by atoms with Crippen molar-refractivity contribution in [3.63, 3.8) is 0 Å². The number of esters is 1. The Morgan fingerprint density at radius 1 is 1.31 bits per heavy atom. The summed E-state index contributed by atoms with van der Waals surface area (Å²) in [6.07, 6.45) is 4.43. The fraction of sp³-hybridized carbons (Fsp3) is 0.444. The minimum Gasteiger partial charge on any atom is -0.456 e. The summed E-state index contributed by atoms with van der Waals surface area (Å²) in [7, 11) is 0. The van der Waals surface area contributed by atoms with Gasteiger partial charge in [-0.05, 0) is 24.6 Å². The van der Waals surface area contributed by atoms with Crippen molar-refractivity contribution < 1.29 is 14.3 Å². The standard InChI is InChI=1S/C18H22BrN3O4/c1-2-3-4-8-20-16(23)11-26-17(24)7-9-22-12-21-15-6-5-13(19)10-14(15)18(22)25/h5-6,10,12H,2-4,7-9,11H2,1H3,(H,20,23). The molecule has 0 fully saturated rings. The van der Waals surface area contributed by atoms with Gasteiger partial charge in [0.1, 0.15) is 0 Å². The van der Waals surface area contributed by atoms with Gasteiger partial charge in [-0.15, -0.1) is 0 Å². The highest BCUT2D eigenvalue weighted by molar-refractivity contribution is 9.10. The number of nitrogens with one attached hydrogen (secondary N) is 1. The molecule has 0 saturated carbocycles. The number of ether oxygens (including phenoxy) is 1. The number of aromatic nitrogens is 2. The molecule has 1 heterocycles. The largest absolute Gasteiger partial charge is 0.456 e. The summed E-state index contributed by atoms with van der Waals surface area (Å²) in [5.74, 6) is -0.848. The molecule has 1 aromatic carbocycles. The van der Waals surface area contributed by atoms with E-state index < -0.39 is 5.97 Å². The Labute approximate surface area is 159 Å². The Morgan fingerprint density at radius 2 is 2.12 bits per heavy atom. The Hall–Kier alpha value is -2.22. The van der Waals surface area contributed by atoms with E-state index in [4.69, 9.17) is 4.74 Å². The van der Waals surface area contributed by atoms with Crippen molar-refractivity contribution in [1.29, 1.82) is 0 Å². The number of halogens is 1. The SMILES string of the molecule is CCCCCNC(=O)COC(=O)CCn1cnc2ccc(Br)cc2c1=O. The van der Waals surface area contributed by atoms with Gasteiger partial charge in [-0.1, -0.05) is 35.7 Å². The number of benzene rings is 1. The lowest BCUT2D eigenvalue weighted by Gasteiger charge is -2.08. The van der Waals surface area contributed by atoms with Crippen LogP contribution in [0.1, 0.15) is 32.6 Å². The van der Waals surface area contributed by atoms with Crippen LogP contribution in [0.25, 0.3) is 10.9 Å². The first-order chi connectivity index (χ1) is 12.5. The molecule has 2 aromatic rings. The molecule has 0 aliphatic heterocycles. The Balaban J connectivity index is 1.82. The van der Waals surface area contributed by atoms with Gasteiger partial charge in [0.15, 0.2) is 6.61 Å². The van der Waals surface area contributed by atoms with Gasteiger partial charge >= 0.3 is 5.97 Å². The van der Waals surface area contributed by atoms with Gasteiger partial charge in [0, 0.05) is 17.6 Å². The van der Waals surface area contributed by atoms with Gasteiger partial charge in [0.05, 0.1) is 23.7 Å². The molecule has 0 bridgehead atoms. The molecule has 0 aliphatic rings. The molecule has 0 saturated heterocycles. The predicted molar refractivity (Wildman–Crippen MR) is 102 cm³/mol. The van der Waals surface area contributed by atoms with Crippen molar-refractivity contribution in [3.05, 3.63) is 39.4 Å². The Morgan fingerprint density at radius 3 is 2.88 bits per heavy atom. The Kier molecular flexibility index (Phi) is 7.77. The first-order valence-electron chi connectivity index (χ1n) is 8.58. The summed E-state index contributed by atoms with van der Waals surface area (Å²) in [5.41, 5.74) is 0.370. The topological polar surface area (TPSA) is 90.3 Å². The van der Waals surface area contributed by atoms with Crippen molar-refractivity contribution in [1.82, 2.24) is 14.9 Å². The van der Waals surface area contributed by atoms with E-state index in [1.165, 1.54) is 10.9 Å². The molecular formula is C18H22BrN3O4. The van der Waals surface area contributed by atoms with E-state index in [-0.39, 0.29) is 31.0 Å². The molecule has 26 heavy (non-hydrogen) atoms. The Bertz CT molecular complexity index is 835. The van der Waals surface area contributed by atoms with Crippen LogP contribution >= 0.6 is 15.9 Å². The molecule has 1 aromatic heterocycles. The summed E-state index contributed by atoms with van der Waals surface area (Å²) in [6.45, 7) is 2.50. The third kappa shape index (κ3) is 5.94. The molecular weight excluding hydrogens is 402 g/mol. The molecule has 8 heteroatoms. The minimum atomic E-state index is -0.532. The number of unbranched alkanes of at least 4 members (excludes halogenated alkanes) is 2. The highest BCUT2D eigenvalue weighted by Gasteiger charge is 2.10. The molecule has 140 valence electrons. The van der Waals surface area contributed by atoms with Gasteiger partial charge in [-0.25, -0.2) is 4.98 Å². The molecule has 0 spiro atoms. The fourth-order valence-electron chi connectivity index (χ4n) is 2.37. The third-order valence-corrected chi connectivity index (χ3v) is 4.30. The zero-order chi connectivity index (χ0) is 18.9. The number of carbonyl (C=O) groups is 2. The number of hydrogen-bond acceptors (Lipinski definition) is 5. The number of carbonyl (C=O) groups excluding carboxylic acids is 2. The van der Waals surface area contributed by atoms with Crippen molar-refractivity contribution in [2.75, 3.05) is 13.2 Å². The van der Waals surface area contributed by atoms with Gasteiger partial charge in [0.25, 0.3) is 11.5 Å². The second-order valence-corrected chi connectivity index (χ2v) is 6.79. The molecule has 1 N–H and O–H groups in total. The molecule has 1 amide bonds. The van der Waals surface area contributed by atoms with Crippen LogP contribution in [0.3, 0.4) is 0 Å². The van der Waals surface area contributed by atoms with E-state index in [1.54, 1.807) is 12.1 Å². The van der Waals surface area contributed by atoms with Gasteiger partial charge in [-0.3, -0.25) is 19.0 Å². The van der Waals surface area contributed by atoms with Crippen LogP contribution in [0.2, 0.25) is 0 Å². The van der Waals surface area contributed by atoms with Crippen LogP contribution in [0.15, 0.2) is 33.8 Å². The van der Waals surface area contributed by atoms with Gasteiger partial charge in [0.2, 0.25) is 0 Å². The predicted octanol–water partition coefficient (Wildman–Crippen LogP) is 2.40. The van der Waals surface area contributed by atoms with Crippen molar-refractivity contribution in [2.45, 2.75) is 39.2 Å². The maximum Gasteiger partial charge on any atom is 0.308 e. The van der Waals surface area contributed by atoms with Crippen LogP contribution in [0, 0.1) is 0 Å². The lowest BCUT2D eigenvalue weighted by atomic mass is 10.2. The molecule has 2 rings (SSSR count). The van der Waals surface area contributed by atoms with Crippen molar-refractivity contribution >= 4 is 38.7 Å². The third-order valence-electron chi connectivity index (χ3n) is 3.81. The van der Waals surface area contributed by atoms with Crippen LogP contribution in [0.4, 0.5) is 0 Å². The number of rotatable bonds is 9. The van der Waals surface area contributed by atoms with Crippen LogP contribution in [-0.4, -0.2) is 34.6 Å². The lowest BCUT2D eigenvalue weighted by molar-refractivity contribution is -0.148. The van der Waals surface area contributed by atoms with Crippen LogP contribution < -0.4 is 10.9 Å². The number of amides is 1. The summed E-state index contributed by atoms with van der Waals surface area (Å²) in [5, 5.41) is 3.17. The summed E-state index contributed by atoms with van der Waals surface area (Å²) < 4.78 is 7.08. The number of hydrogen-bond donors (Lipinski definition) is 1. The molecule has 7 nitrogen and oxygen atoms in total. The average molecular weight is 424 g/mol. The van der Waals surface area contributed by atoms with E-state index in [1.807, 2.05) is 6.07 Å². The number of fused-ring (bicyclic) bond motifs is 1. The average Bonchev–Trinajstić information content (AvgIpc) is 2.63. The van der Waals surface area contributed by atoms with Crippen molar-refractivity contribution in [3.8, 4) is 0 Å². The number of nitrogens with zero attached hydrogens (tertiary/aromatic N) is 2. The monoisotopic (exact) mass is 423 g/mol. The summed E-state index contributed by atoms with van der Waals surface area (Å²) >= 11 is 3.33. The fourth-order valence-corrected chi connectivity index (χ4v) is 2.74. The van der Waals surface area contributed by atoms with Crippen LogP contribution in [-0.2, 0) is 20.9 Å². The van der Waals surface area contributed by atoms with Crippen LogP contribution in [0.5, 0.6) is 0 Å². The summed E-state index contributed by atoms with van der Waals surface area (Å²) in [4.78, 5) is 40.0. The van der Waals surface area contributed by atoms with E-state index in [9.17, 15) is 14.4 Å². The van der Waals surface area contributed by atoms with E-state index in [0.717, 1.165) is 23.7 Å². The van der Waals surface area contributed by atoms with Gasteiger partial charge in [-0.2, -0.15) is 0 Å². The first-order valence-corrected chi connectivity index (χ1v) is 9.37. The van der Waals surface area contributed by atoms with Crippen molar-refractivity contribution in [2.24, 2.45) is 0 Å². The van der Waals surface area contributed by atoms with E-state index in [0.29, 0.717) is 17.4 Å². The lowest BCUT2D eigenvalue weighted by Crippen LogP contribution is -2.30. The molecule has 0 atom stereocenters. The molecule has 0 aliphatic carbocycles. The zero-order valence-electron chi connectivity index (χ0n) is 14.7. The molecule has 0 radical (unpaired) electrons. The zero-order valence-corrected chi connectivity index (χ0v) is 16.3. The normalized spacial score (nSPS) is 10.7. The second-order valence-electron chi connectivity index (χ2n) is 5.87. The first kappa shape index (κ1) is 20.1. The maximum atomic E-state index is 12.4. The second kappa shape index (κ2) is 10.1. The molecule has 0 unspecified atom stereocenters. The highest BCUT2D eigenvalue weighted by atomic mass is 79.9. The number of aryl methyl sites for hydroxylation is 1. The summed E-state index contributed by atoms with van der Waals surface area (Å²) in [6, 6.07) is 5.25. The van der Waals surface area contributed by atoms with E-state index in [2.05, 4.69) is 33.2 Å². The smallest absolute Gasteiger partial charge is 0.308 e. The minimum absolute atomic E-state index is 0.00971. The quantitative estimate of drug-likeness (QED) is 0.493. The highest BCUT2D eigenvalue weighted by Crippen LogP contribution is 2.14. The van der Waals surface area contributed by atoms with Gasteiger partial charge < -0.3 is 10.1 Å². The maximum absolute atomic E-state index is 12.4. The van der Waals surface area contributed by atoms with E-state index >= 15 is 0 Å².